The third-order valence-corrected chi connectivity index (χ3v) is 5.28. The molecule has 3 amide bonds. The first-order valence-electron chi connectivity index (χ1n) is 8.27. The molecule has 5 heteroatoms. The smallest absolute Gasteiger partial charge is 0.315 e. The molecular weight excluding hydrogens is 266 g/mol. The number of amides is 3. The summed E-state index contributed by atoms with van der Waals surface area (Å²) >= 11 is 0. The number of hydrogen-bond acceptors (Lipinski definition) is 2. The molecule has 1 saturated carbocycles. The highest BCUT2D eigenvalue weighted by Crippen LogP contribution is 2.40. The minimum Gasteiger partial charge on any atom is -0.341 e. The maximum atomic E-state index is 13.0. The first-order chi connectivity index (χ1) is 9.98. The van der Waals surface area contributed by atoms with E-state index in [1.807, 2.05) is 4.90 Å². The van der Waals surface area contributed by atoms with Crippen molar-refractivity contribution in [2.45, 2.75) is 70.9 Å². The van der Waals surface area contributed by atoms with E-state index >= 15 is 0 Å². The minimum atomic E-state index is -0.404. The molecular formula is C16H29N3O2. The topological polar surface area (TPSA) is 61.4 Å². The molecule has 0 aromatic heterocycles. The van der Waals surface area contributed by atoms with Gasteiger partial charge in [-0.2, -0.15) is 0 Å². The van der Waals surface area contributed by atoms with Gasteiger partial charge in [0.1, 0.15) is 6.04 Å². The van der Waals surface area contributed by atoms with Gasteiger partial charge in [-0.1, -0.05) is 26.2 Å². The van der Waals surface area contributed by atoms with Crippen molar-refractivity contribution >= 4 is 11.9 Å². The molecule has 2 fully saturated rings. The second kappa shape index (κ2) is 6.67. The van der Waals surface area contributed by atoms with Crippen molar-refractivity contribution < 1.29 is 9.59 Å². The van der Waals surface area contributed by atoms with E-state index in [0.29, 0.717) is 6.04 Å². The van der Waals surface area contributed by atoms with Crippen LogP contribution in [0.15, 0.2) is 0 Å². The summed E-state index contributed by atoms with van der Waals surface area (Å²) in [6, 6.07) is -0.371. The van der Waals surface area contributed by atoms with Crippen LogP contribution in [0.3, 0.4) is 0 Å². The summed E-state index contributed by atoms with van der Waals surface area (Å²) in [6.45, 7) is 5.08. The number of nitrogens with one attached hydrogen (secondary N) is 2. The maximum Gasteiger partial charge on any atom is 0.315 e. The monoisotopic (exact) mass is 295 g/mol. The number of urea groups is 1. The fraction of sp³-hybridized carbons (Fsp3) is 0.875. The summed E-state index contributed by atoms with van der Waals surface area (Å²) in [5.74, 6) is 0.105. The fourth-order valence-corrected chi connectivity index (χ4v) is 3.81. The summed E-state index contributed by atoms with van der Waals surface area (Å²) in [6.07, 6.45) is 7.67. The first-order valence-corrected chi connectivity index (χ1v) is 8.27. The lowest BCUT2D eigenvalue weighted by Crippen LogP contribution is -2.58. The van der Waals surface area contributed by atoms with Gasteiger partial charge in [-0.3, -0.25) is 4.79 Å². The second-order valence-electron chi connectivity index (χ2n) is 6.89. The second-order valence-corrected chi connectivity index (χ2v) is 6.89. The molecule has 2 aliphatic rings. The first kappa shape index (κ1) is 16.1. The van der Waals surface area contributed by atoms with Crippen molar-refractivity contribution in [1.82, 2.24) is 15.5 Å². The Kier molecular flexibility index (Phi) is 5.12. The Labute approximate surface area is 127 Å². The zero-order valence-corrected chi connectivity index (χ0v) is 13.6. The molecule has 1 saturated heterocycles. The number of carbonyl (C=O) groups excluding carboxylic acids is 2. The molecule has 0 bridgehead atoms. The Morgan fingerprint density at radius 1 is 1.19 bits per heavy atom. The van der Waals surface area contributed by atoms with Gasteiger partial charge in [0, 0.05) is 19.6 Å². The summed E-state index contributed by atoms with van der Waals surface area (Å²) in [5.41, 5.74) is -0.121. The van der Waals surface area contributed by atoms with Crippen LogP contribution in [-0.4, -0.2) is 42.5 Å². The van der Waals surface area contributed by atoms with Gasteiger partial charge in [-0.25, -0.2) is 4.79 Å². The van der Waals surface area contributed by atoms with Gasteiger partial charge in [0.25, 0.3) is 0 Å². The van der Waals surface area contributed by atoms with Crippen LogP contribution >= 0.6 is 0 Å². The van der Waals surface area contributed by atoms with Crippen molar-refractivity contribution in [3.63, 3.8) is 0 Å². The Balaban J connectivity index is 2.18. The van der Waals surface area contributed by atoms with Crippen LogP contribution in [0.4, 0.5) is 4.79 Å². The van der Waals surface area contributed by atoms with E-state index in [4.69, 9.17) is 0 Å². The summed E-state index contributed by atoms with van der Waals surface area (Å²) < 4.78 is 0. The van der Waals surface area contributed by atoms with E-state index in [2.05, 4.69) is 24.5 Å². The molecule has 0 radical (unpaired) electrons. The Morgan fingerprint density at radius 2 is 1.86 bits per heavy atom. The summed E-state index contributed by atoms with van der Waals surface area (Å²) in [7, 11) is 1.60. The van der Waals surface area contributed by atoms with Gasteiger partial charge in [-0.15, -0.1) is 0 Å². The van der Waals surface area contributed by atoms with E-state index in [9.17, 15) is 9.59 Å². The molecule has 2 atom stereocenters. The fourth-order valence-electron chi connectivity index (χ4n) is 3.81. The Hall–Kier alpha value is -1.26. The largest absolute Gasteiger partial charge is 0.341 e. The standard InChI is InChI=1S/C16H29N3O2/c1-12-8-7-11-19(12)14(20)13(18-15(21)17-3)16(2)9-5-4-6-10-16/h12-13H,4-11H2,1-3H3,(H2,17,18,21). The van der Waals surface area contributed by atoms with Crippen LogP contribution in [0.2, 0.25) is 0 Å². The van der Waals surface area contributed by atoms with Crippen molar-refractivity contribution in [3.05, 3.63) is 0 Å². The SMILES string of the molecule is CNC(=O)NC(C(=O)N1CCCC1C)C1(C)CCCCC1. The zero-order chi connectivity index (χ0) is 15.5. The van der Waals surface area contributed by atoms with Crippen molar-refractivity contribution in [1.29, 1.82) is 0 Å². The molecule has 1 heterocycles. The third-order valence-electron chi connectivity index (χ3n) is 5.28. The van der Waals surface area contributed by atoms with Crippen LogP contribution in [0, 0.1) is 5.41 Å². The average molecular weight is 295 g/mol. The normalized spacial score (nSPS) is 26.2. The maximum absolute atomic E-state index is 13.0. The zero-order valence-electron chi connectivity index (χ0n) is 13.6. The number of likely N-dealkylation sites (tertiary alicyclic amines) is 1. The van der Waals surface area contributed by atoms with Gasteiger partial charge in [0.05, 0.1) is 0 Å². The molecule has 5 nitrogen and oxygen atoms in total. The highest BCUT2D eigenvalue weighted by Gasteiger charge is 2.43. The quantitative estimate of drug-likeness (QED) is 0.839. The van der Waals surface area contributed by atoms with Gasteiger partial charge in [0.2, 0.25) is 5.91 Å². The average Bonchev–Trinajstić information content (AvgIpc) is 2.90. The van der Waals surface area contributed by atoms with Crippen LogP contribution in [-0.2, 0) is 4.79 Å². The molecule has 0 aromatic carbocycles. The Morgan fingerprint density at radius 3 is 2.38 bits per heavy atom. The molecule has 2 N–H and O–H groups in total. The predicted molar refractivity (Wildman–Crippen MR) is 83.0 cm³/mol. The molecule has 21 heavy (non-hydrogen) atoms. The van der Waals surface area contributed by atoms with Crippen molar-refractivity contribution in [2.24, 2.45) is 5.41 Å². The lowest BCUT2D eigenvalue weighted by molar-refractivity contribution is -0.137. The highest BCUT2D eigenvalue weighted by molar-refractivity contribution is 5.88. The Bertz CT molecular complexity index is 391. The van der Waals surface area contributed by atoms with Gasteiger partial charge in [0.15, 0.2) is 0 Å². The minimum absolute atomic E-state index is 0.105. The van der Waals surface area contributed by atoms with Crippen LogP contribution in [0.25, 0.3) is 0 Å². The van der Waals surface area contributed by atoms with Crippen molar-refractivity contribution in [2.75, 3.05) is 13.6 Å². The van der Waals surface area contributed by atoms with E-state index in [1.165, 1.54) is 6.42 Å². The third kappa shape index (κ3) is 3.50. The van der Waals surface area contributed by atoms with E-state index in [0.717, 1.165) is 45.1 Å². The van der Waals surface area contributed by atoms with E-state index in [-0.39, 0.29) is 17.4 Å². The number of hydrogen-bond donors (Lipinski definition) is 2. The van der Waals surface area contributed by atoms with Gasteiger partial charge >= 0.3 is 6.03 Å². The number of nitrogens with zero attached hydrogens (tertiary/aromatic N) is 1. The highest BCUT2D eigenvalue weighted by atomic mass is 16.2. The molecule has 0 aromatic rings. The number of rotatable bonds is 3. The van der Waals surface area contributed by atoms with E-state index in [1.54, 1.807) is 7.05 Å². The molecule has 1 aliphatic carbocycles. The summed E-state index contributed by atoms with van der Waals surface area (Å²) in [4.78, 5) is 26.8. The molecule has 0 spiro atoms. The van der Waals surface area contributed by atoms with Crippen LogP contribution < -0.4 is 10.6 Å². The molecule has 2 rings (SSSR count). The lowest BCUT2D eigenvalue weighted by atomic mass is 9.70. The van der Waals surface area contributed by atoms with Gasteiger partial charge in [-0.05, 0) is 38.0 Å². The molecule has 2 unspecified atom stereocenters. The van der Waals surface area contributed by atoms with Crippen molar-refractivity contribution in [3.8, 4) is 0 Å². The molecule has 120 valence electrons. The van der Waals surface area contributed by atoms with Crippen LogP contribution in [0.5, 0.6) is 0 Å². The van der Waals surface area contributed by atoms with E-state index < -0.39 is 6.04 Å². The number of carbonyl (C=O) groups is 2. The lowest BCUT2D eigenvalue weighted by Gasteiger charge is -2.42. The van der Waals surface area contributed by atoms with Gasteiger partial charge < -0.3 is 15.5 Å². The summed E-state index contributed by atoms with van der Waals surface area (Å²) in [5, 5.41) is 5.52. The van der Waals surface area contributed by atoms with Crippen LogP contribution in [0.1, 0.15) is 58.8 Å². The predicted octanol–water partition coefficient (Wildman–Crippen LogP) is 2.27. The molecule has 1 aliphatic heterocycles.